The zero-order valence-electron chi connectivity index (χ0n) is 13.8. The number of fused-ring (bicyclic) bond motifs is 1. The Morgan fingerprint density at radius 1 is 1.17 bits per heavy atom. The van der Waals surface area contributed by atoms with Crippen LogP contribution in [-0.4, -0.2) is 20.1 Å². The van der Waals surface area contributed by atoms with Crippen molar-refractivity contribution in [3.05, 3.63) is 22.2 Å². The zero-order chi connectivity index (χ0) is 16.8. The molecule has 2 N–H and O–H groups in total. The maximum atomic E-state index is 6.09. The molecule has 0 bridgehead atoms. The van der Waals surface area contributed by atoms with E-state index in [0.717, 1.165) is 15.8 Å². The molecule has 0 aromatic carbocycles. The second kappa shape index (κ2) is 5.76. The van der Waals surface area contributed by atoms with Gasteiger partial charge in [0.05, 0.1) is 11.1 Å². The number of aromatic nitrogens is 4. The van der Waals surface area contributed by atoms with E-state index in [1.807, 2.05) is 27.7 Å². The lowest BCUT2D eigenvalue weighted by molar-refractivity contribution is 0.373. The number of rotatable bonds is 3. The summed E-state index contributed by atoms with van der Waals surface area (Å²) in [7, 11) is 0. The van der Waals surface area contributed by atoms with Gasteiger partial charge in [-0.05, 0) is 19.4 Å². The first-order chi connectivity index (χ1) is 10.8. The highest BCUT2D eigenvalue weighted by Crippen LogP contribution is 2.34. The quantitative estimate of drug-likeness (QED) is 0.567. The van der Waals surface area contributed by atoms with Crippen molar-refractivity contribution < 1.29 is 4.52 Å². The number of hydrogen-bond donors (Lipinski definition) is 1. The molecule has 0 saturated carbocycles. The number of anilines is 1. The minimum Gasteiger partial charge on any atom is -0.383 e. The van der Waals surface area contributed by atoms with Gasteiger partial charge >= 0.3 is 0 Å². The number of nitrogens with zero attached hydrogens (tertiary/aromatic N) is 4. The molecule has 0 fully saturated rings. The SMILES string of the molecule is Cc1sc2nc(SCc3nc(C(C)(C)C)no3)nc(N)c2c1C. The minimum absolute atomic E-state index is 0.127. The predicted octanol–water partition coefficient (Wildman–Crippen LogP) is 3.86. The Kier molecular flexibility index (Phi) is 4.05. The number of thioether (sulfide) groups is 1. The van der Waals surface area contributed by atoms with E-state index < -0.39 is 0 Å². The monoisotopic (exact) mass is 349 g/mol. The lowest BCUT2D eigenvalue weighted by Crippen LogP contribution is -2.13. The van der Waals surface area contributed by atoms with Gasteiger partial charge in [0, 0.05) is 10.3 Å². The highest BCUT2D eigenvalue weighted by Gasteiger charge is 2.21. The minimum atomic E-state index is -0.127. The van der Waals surface area contributed by atoms with Crippen LogP contribution >= 0.6 is 23.1 Å². The van der Waals surface area contributed by atoms with Gasteiger partial charge in [0.1, 0.15) is 10.6 Å². The van der Waals surface area contributed by atoms with E-state index in [4.69, 9.17) is 10.3 Å². The van der Waals surface area contributed by atoms with Crippen molar-refractivity contribution in [2.75, 3.05) is 5.73 Å². The predicted molar refractivity (Wildman–Crippen MR) is 93.9 cm³/mol. The number of nitrogen functional groups attached to an aromatic ring is 1. The maximum Gasteiger partial charge on any atom is 0.237 e. The molecule has 8 heteroatoms. The van der Waals surface area contributed by atoms with E-state index in [9.17, 15) is 0 Å². The summed E-state index contributed by atoms with van der Waals surface area (Å²) < 4.78 is 5.29. The molecule has 3 aromatic rings. The van der Waals surface area contributed by atoms with Gasteiger partial charge in [0.15, 0.2) is 11.0 Å². The second-order valence-electron chi connectivity index (χ2n) is 6.41. The molecule has 23 heavy (non-hydrogen) atoms. The van der Waals surface area contributed by atoms with Crippen LogP contribution in [0.15, 0.2) is 9.68 Å². The molecular formula is C15H19N5OS2. The van der Waals surface area contributed by atoms with Crippen molar-refractivity contribution in [3.63, 3.8) is 0 Å². The van der Waals surface area contributed by atoms with E-state index in [-0.39, 0.29) is 5.41 Å². The number of thiophene rings is 1. The molecule has 0 aliphatic rings. The summed E-state index contributed by atoms with van der Waals surface area (Å²) >= 11 is 3.09. The molecule has 3 aromatic heterocycles. The topological polar surface area (TPSA) is 90.7 Å². The normalized spacial score (nSPS) is 12.2. The van der Waals surface area contributed by atoms with Crippen LogP contribution in [0.2, 0.25) is 0 Å². The van der Waals surface area contributed by atoms with Crippen LogP contribution in [-0.2, 0) is 11.2 Å². The molecule has 0 aliphatic heterocycles. The summed E-state index contributed by atoms with van der Waals surface area (Å²) in [6.45, 7) is 10.3. The van der Waals surface area contributed by atoms with Crippen molar-refractivity contribution >= 4 is 39.1 Å². The standard InChI is InChI=1S/C15H19N5OS2/c1-7-8(2)23-12-10(7)11(16)18-14(19-12)22-6-9-17-13(20-21-9)15(3,4)5/h6H2,1-5H3,(H2,16,18,19). The van der Waals surface area contributed by atoms with E-state index in [2.05, 4.69) is 27.0 Å². The second-order valence-corrected chi connectivity index (χ2v) is 8.55. The molecule has 3 heterocycles. The highest BCUT2D eigenvalue weighted by molar-refractivity contribution is 7.98. The van der Waals surface area contributed by atoms with Crippen LogP contribution < -0.4 is 5.73 Å². The van der Waals surface area contributed by atoms with Gasteiger partial charge in [-0.1, -0.05) is 37.7 Å². The van der Waals surface area contributed by atoms with E-state index in [1.165, 1.54) is 16.6 Å². The van der Waals surface area contributed by atoms with Gasteiger partial charge in [0.25, 0.3) is 0 Å². The van der Waals surface area contributed by atoms with Crippen molar-refractivity contribution in [3.8, 4) is 0 Å². The smallest absolute Gasteiger partial charge is 0.237 e. The summed E-state index contributed by atoms with van der Waals surface area (Å²) in [5, 5.41) is 5.61. The molecule has 122 valence electrons. The van der Waals surface area contributed by atoms with Crippen LogP contribution in [0.25, 0.3) is 10.2 Å². The fourth-order valence-corrected chi connectivity index (χ4v) is 3.85. The number of nitrogens with two attached hydrogens (primary N) is 1. The van der Waals surface area contributed by atoms with Crippen LogP contribution in [0.5, 0.6) is 0 Å². The summed E-state index contributed by atoms with van der Waals surface area (Å²) in [6.07, 6.45) is 0. The molecule has 0 amide bonds. The van der Waals surface area contributed by atoms with Crippen molar-refractivity contribution in [2.45, 2.75) is 50.9 Å². The zero-order valence-corrected chi connectivity index (χ0v) is 15.4. The molecule has 0 spiro atoms. The molecule has 3 rings (SSSR count). The fraction of sp³-hybridized carbons (Fsp3) is 0.467. The average Bonchev–Trinajstić information content (AvgIpc) is 3.02. The van der Waals surface area contributed by atoms with Crippen molar-refractivity contribution in [1.82, 2.24) is 20.1 Å². The van der Waals surface area contributed by atoms with Gasteiger partial charge in [-0.2, -0.15) is 4.98 Å². The average molecular weight is 349 g/mol. The molecule has 0 radical (unpaired) electrons. The van der Waals surface area contributed by atoms with E-state index in [1.54, 1.807) is 11.3 Å². The van der Waals surface area contributed by atoms with Gasteiger partial charge in [0.2, 0.25) is 5.89 Å². The van der Waals surface area contributed by atoms with Crippen LogP contribution in [0.3, 0.4) is 0 Å². The summed E-state index contributed by atoms with van der Waals surface area (Å²) in [4.78, 5) is 15.5. The maximum absolute atomic E-state index is 6.09. The third-order valence-corrected chi connectivity index (χ3v) is 5.43. The Bertz CT molecular complexity index is 863. The first-order valence-corrected chi connectivity index (χ1v) is 9.05. The van der Waals surface area contributed by atoms with Crippen molar-refractivity contribution in [1.29, 1.82) is 0 Å². The Balaban J connectivity index is 1.81. The highest BCUT2D eigenvalue weighted by atomic mass is 32.2. The largest absolute Gasteiger partial charge is 0.383 e. The third-order valence-electron chi connectivity index (χ3n) is 3.50. The third kappa shape index (κ3) is 3.18. The Morgan fingerprint density at radius 3 is 2.57 bits per heavy atom. The lowest BCUT2D eigenvalue weighted by Gasteiger charge is -2.10. The number of hydrogen-bond acceptors (Lipinski definition) is 8. The molecule has 6 nitrogen and oxygen atoms in total. The first kappa shape index (κ1) is 16.2. The molecule has 0 saturated heterocycles. The number of aryl methyl sites for hydroxylation is 2. The Morgan fingerprint density at radius 2 is 1.91 bits per heavy atom. The van der Waals surface area contributed by atoms with Crippen LogP contribution in [0.1, 0.15) is 42.9 Å². The van der Waals surface area contributed by atoms with Gasteiger partial charge in [-0.15, -0.1) is 11.3 Å². The summed E-state index contributed by atoms with van der Waals surface area (Å²) in [5.74, 6) is 2.33. The lowest BCUT2D eigenvalue weighted by atomic mass is 9.96. The summed E-state index contributed by atoms with van der Waals surface area (Å²) in [6, 6.07) is 0. The van der Waals surface area contributed by atoms with Crippen LogP contribution in [0, 0.1) is 13.8 Å². The summed E-state index contributed by atoms with van der Waals surface area (Å²) in [5.41, 5.74) is 7.12. The fourth-order valence-electron chi connectivity index (χ4n) is 2.07. The van der Waals surface area contributed by atoms with Gasteiger partial charge < -0.3 is 10.3 Å². The first-order valence-electron chi connectivity index (χ1n) is 7.25. The van der Waals surface area contributed by atoms with Crippen LogP contribution in [0.4, 0.5) is 5.82 Å². The molecule has 0 atom stereocenters. The molecule has 0 aliphatic carbocycles. The van der Waals surface area contributed by atoms with Gasteiger partial charge in [-0.25, -0.2) is 9.97 Å². The molecular weight excluding hydrogens is 330 g/mol. The Hall–Kier alpha value is -1.67. The van der Waals surface area contributed by atoms with E-state index in [0.29, 0.717) is 28.4 Å². The van der Waals surface area contributed by atoms with E-state index >= 15 is 0 Å². The van der Waals surface area contributed by atoms with Gasteiger partial charge in [-0.3, -0.25) is 0 Å². The Labute approximate surface area is 142 Å². The van der Waals surface area contributed by atoms with Crippen molar-refractivity contribution in [2.24, 2.45) is 0 Å². The molecule has 0 unspecified atom stereocenters.